The van der Waals surface area contributed by atoms with Crippen molar-refractivity contribution >= 4 is 21.4 Å². The number of amides is 1. The summed E-state index contributed by atoms with van der Waals surface area (Å²) >= 11 is 0. The zero-order chi connectivity index (χ0) is 16.0. The Morgan fingerprint density at radius 3 is 2.48 bits per heavy atom. The van der Waals surface area contributed by atoms with Crippen molar-refractivity contribution in [2.24, 2.45) is 0 Å². The molecule has 0 saturated carbocycles. The first-order chi connectivity index (χ1) is 9.78. The number of alkyl halides is 2. The molecule has 0 aliphatic rings. The number of hydrogen-bond acceptors (Lipinski definition) is 4. The van der Waals surface area contributed by atoms with E-state index < -0.39 is 26.4 Å². The van der Waals surface area contributed by atoms with Crippen molar-refractivity contribution in [3.05, 3.63) is 24.3 Å². The van der Waals surface area contributed by atoms with Crippen molar-refractivity contribution in [3.8, 4) is 0 Å². The molecular formula is C13H18F2N2O3S. The molecule has 0 heterocycles. The van der Waals surface area contributed by atoms with E-state index in [0.717, 1.165) is 12.5 Å². The minimum absolute atomic E-state index is 0.0297. The van der Waals surface area contributed by atoms with Crippen LogP contribution in [0.4, 0.5) is 14.5 Å². The second-order valence-corrected chi connectivity index (χ2v) is 6.43. The van der Waals surface area contributed by atoms with E-state index >= 15 is 0 Å². The third kappa shape index (κ3) is 4.75. The molecule has 5 nitrogen and oxygen atoms in total. The van der Waals surface area contributed by atoms with Crippen molar-refractivity contribution in [3.63, 3.8) is 0 Å². The van der Waals surface area contributed by atoms with E-state index in [0.29, 0.717) is 0 Å². The van der Waals surface area contributed by atoms with Crippen LogP contribution >= 0.6 is 0 Å². The van der Waals surface area contributed by atoms with Gasteiger partial charge in [0.15, 0.2) is 0 Å². The third-order valence-corrected chi connectivity index (χ3v) is 4.36. The Balaban J connectivity index is 2.88. The number of rotatable bonds is 7. The average molecular weight is 320 g/mol. The highest BCUT2D eigenvalue weighted by Crippen LogP contribution is 2.25. The molecule has 21 heavy (non-hydrogen) atoms. The second kappa shape index (κ2) is 7.46. The zero-order valence-corrected chi connectivity index (χ0v) is 12.6. The maximum Gasteiger partial charge on any atom is 0.341 e. The van der Waals surface area contributed by atoms with Gasteiger partial charge in [-0.3, -0.25) is 4.79 Å². The van der Waals surface area contributed by atoms with Crippen LogP contribution < -0.4 is 10.6 Å². The van der Waals surface area contributed by atoms with Gasteiger partial charge in [-0.25, -0.2) is 8.42 Å². The van der Waals surface area contributed by atoms with Crippen LogP contribution in [0.5, 0.6) is 0 Å². The standard InChI is InChI=1S/C13H18F2N2O3S/c1-3-9(2)16-8-12(18)17-10-6-4-5-7-11(10)21(19,20)13(14)15/h4-7,9,13,16H,3,8H2,1-2H3,(H,17,18). The van der Waals surface area contributed by atoms with Gasteiger partial charge in [-0.1, -0.05) is 19.1 Å². The number of nitrogens with one attached hydrogen (secondary N) is 2. The highest BCUT2D eigenvalue weighted by molar-refractivity contribution is 7.91. The summed E-state index contributed by atoms with van der Waals surface area (Å²) in [4.78, 5) is 11.1. The molecule has 0 aliphatic heterocycles. The fourth-order valence-corrected chi connectivity index (χ4v) is 2.41. The predicted molar refractivity (Wildman–Crippen MR) is 76.0 cm³/mol. The lowest BCUT2D eigenvalue weighted by molar-refractivity contribution is -0.115. The summed E-state index contributed by atoms with van der Waals surface area (Å²) in [5.41, 5.74) is -0.145. The Bertz CT molecular complexity index is 591. The summed E-state index contributed by atoms with van der Waals surface area (Å²) in [5.74, 6) is -4.03. The summed E-state index contributed by atoms with van der Waals surface area (Å²) in [6.45, 7) is 3.81. The van der Waals surface area contributed by atoms with Crippen molar-refractivity contribution in [1.82, 2.24) is 5.32 Å². The molecule has 118 valence electrons. The Morgan fingerprint density at radius 2 is 1.90 bits per heavy atom. The first-order valence-corrected chi connectivity index (χ1v) is 7.98. The van der Waals surface area contributed by atoms with Crippen molar-refractivity contribution < 1.29 is 22.0 Å². The van der Waals surface area contributed by atoms with Crippen LogP contribution in [0.3, 0.4) is 0 Å². The quantitative estimate of drug-likeness (QED) is 0.806. The highest BCUT2D eigenvalue weighted by Gasteiger charge is 2.29. The number of carbonyl (C=O) groups is 1. The number of anilines is 1. The molecular weight excluding hydrogens is 302 g/mol. The summed E-state index contributed by atoms with van der Waals surface area (Å²) in [6.07, 6.45) is 0.823. The van der Waals surface area contributed by atoms with Gasteiger partial charge in [0.2, 0.25) is 15.7 Å². The smallest absolute Gasteiger partial charge is 0.324 e. The first-order valence-electron chi connectivity index (χ1n) is 6.43. The van der Waals surface area contributed by atoms with Crippen LogP contribution in [-0.2, 0) is 14.6 Å². The first kappa shape index (κ1) is 17.5. The van der Waals surface area contributed by atoms with E-state index in [-0.39, 0.29) is 18.3 Å². The zero-order valence-electron chi connectivity index (χ0n) is 11.8. The van der Waals surface area contributed by atoms with Gasteiger partial charge >= 0.3 is 5.76 Å². The minimum atomic E-state index is -4.76. The van der Waals surface area contributed by atoms with Gasteiger partial charge < -0.3 is 10.6 Å². The Labute approximate surface area is 122 Å². The van der Waals surface area contributed by atoms with Crippen LogP contribution in [0.1, 0.15) is 20.3 Å². The van der Waals surface area contributed by atoms with Gasteiger partial charge in [0.1, 0.15) is 0 Å². The lowest BCUT2D eigenvalue weighted by Gasteiger charge is -2.13. The molecule has 0 fully saturated rings. The van der Waals surface area contributed by atoms with Crippen molar-refractivity contribution in [2.45, 2.75) is 37.0 Å². The molecule has 0 radical (unpaired) electrons. The molecule has 1 aromatic carbocycles. The van der Waals surface area contributed by atoms with Gasteiger partial charge in [-0.15, -0.1) is 0 Å². The van der Waals surface area contributed by atoms with E-state index in [9.17, 15) is 22.0 Å². The molecule has 0 aromatic heterocycles. The number of carbonyl (C=O) groups excluding carboxylic acids is 1. The molecule has 1 unspecified atom stereocenters. The summed E-state index contributed by atoms with van der Waals surface area (Å²) in [5, 5.41) is 5.26. The van der Waals surface area contributed by atoms with E-state index in [1.807, 2.05) is 13.8 Å². The average Bonchev–Trinajstić information content (AvgIpc) is 2.44. The van der Waals surface area contributed by atoms with Crippen molar-refractivity contribution in [2.75, 3.05) is 11.9 Å². The van der Waals surface area contributed by atoms with Crippen LogP contribution in [-0.4, -0.2) is 32.7 Å². The molecule has 0 bridgehead atoms. The van der Waals surface area contributed by atoms with Crippen molar-refractivity contribution in [1.29, 1.82) is 0 Å². The molecule has 8 heteroatoms. The van der Waals surface area contributed by atoms with Gasteiger partial charge in [0, 0.05) is 6.04 Å². The van der Waals surface area contributed by atoms with E-state index in [1.165, 1.54) is 18.2 Å². The molecule has 2 N–H and O–H groups in total. The number of benzene rings is 1. The summed E-state index contributed by atoms with van der Waals surface area (Å²) < 4.78 is 48.3. The van der Waals surface area contributed by atoms with E-state index in [1.54, 1.807) is 0 Å². The maximum absolute atomic E-state index is 12.6. The molecule has 0 spiro atoms. The molecule has 1 amide bonds. The Hall–Kier alpha value is -1.54. The van der Waals surface area contributed by atoms with Crippen LogP contribution in [0.15, 0.2) is 29.2 Å². The lowest BCUT2D eigenvalue weighted by atomic mass is 10.2. The topological polar surface area (TPSA) is 75.3 Å². The normalized spacial score (nSPS) is 13.2. The molecule has 0 saturated heterocycles. The molecule has 0 aliphatic carbocycles. The van der Waals surface area contributed by atoms with E-state index in [4.69, 9.17) is 0 Å². The Kier molecular flexibility index (Phi) is 6.22. The highest BCUT2D eigenvalue weighted by atomic mass is 32.2. The monoisotopic (exact) mass is 320 g/mol. The van der Waals surface area contributed by atoms with Gasteiger partial charge in [-0.2, -0.15) is 8.78 Å². The van der Waals surface area contributed by atoms with Gasteiger partial charge in [-0.05, 0) is 25.5 Å². The van der Waals surface area contributed by atoms with Crippen LogP contribution in [0, 0.1) is 0 Å². The number of hydrogen-bond donors (Lipinski definition) is 2. The largest absolute Gasteiger partial charge is 0.341 e. The maximum atomic E-state index is 12.6. The summed E-state index contributed by atoms with van der Waals surface area (Å²) in [7, 11) is -4.76. The number of para-hydroxylation sites is 1. The molecule has 1 atom stereocenters. The number of sulfone groups is 1. The molecule has 1 aromatic rings. The van der Waals surface area contributed by atoms with Crippen LogP contribution in [0.25, 0.3) is 0 Å². The van der Waals surface area contributed by atoms with Gasteiger partial charge in [0.05, 0.1) is 17.1 Å². The van der Waals surface area contributed by atoms with Gasteiger partial charge in [0.25, 0.3) is 0 Å². The second-order valence-electron chi connectivity index (χ2n) is 4.54. The molecule has 1 rings (SSSR count). The fourth-order valence-electron chi connectivity index (χ4n) is 1.52. The predicted octanol–water partition coefficient (Wildman–Crippen LogP) is 2.01. The minimum Gasteiger partial charge on any atom is -0.324 e. The van der Waals surface area contributed by atoms with E-state index in [2.05, 4.69) is 10.6 Å². The SMILES string of the molecule is CCC(C)NCC(=O)Nc1ccccc1S(=O)(=O)C(F)F. The number of halogens is 2. The Morgan fingerprint density at radius 1 is 1.29 bits per heavy atom. The van der Waals surface area contributed by atoms with Crippen LogP contribution in [0.2, 0.25) is 0 Å². The lowest BCUT2D eigenvalue weighted by Crippen LogP contribution is -2.34. The fraction of sp³-hybridized carbons (Fsp3) is 0.462. The summed E-state index contributed by atoms with van der Waals surface area (Å²) in [6, 6.07) is 5.22. The third-order valence-electron chi connectivity index (χ3n) is 2.93.